The van der Waals surface area contributed by atoms with Crippen molar-refractivity contribution in [2.24, 2.45) is 10.7 Å². The number of hydrogen-bond donors (Lipinski definition) is 2. The van der Waals surface area contributed by atoms with Crippen LogP contribution < -0.4 is 11.1 Å². The van der Waals surface area contributed by atoms with Gasteiger partial charge < -0.3 is 15.8 Å². The zero-order chi connectivity index (χ0) is 19.9. The maximum absolute atomic E-state index is 14.9. The normalized spacial score (nSPS) is 22.8. The van der Waals surface area contributed by atoms with E-state index in [1.165, 1.54) is 12.3 Å². The van der Waals surface area contributed by atoms with Gasteiger partial charge >= 0.3 is 5.92 Å². The number of alkyl halides is 2. The zero-order valence-corrected chi connectivity index (χ0v) is 15.5. The van der Waals surface area contributed by atoms with Crippen LogP contribution in [0.5, 0.6) is 0 Å². The summed E-state index contributed by atoms with van der Waals surface area (Å²) in [6.45, 7) is -0.826. The molecule has 0 radical (unpaired) electrons. The highest BCUT2D eigenvalue weighted by Gasteiger charge is 2.59. The van der Waals surface area contributed by atoms with Crippen molar-refractivity contribution in [2.45, 2.75) is 30.7 Å². The number of aryl methyl sites for hydroxylation is 1. The van der Waals surface area contributed by atoms with Gasteiger partial charge in [-0.3, -0.25) is 4.79 Å². The molecular weight excluding hydrogens is 390 g/mol. The van der Waals surface area contributed by atoms with Crippen LogP contribution in [0.3, 0.4) is 0 Å². The van der Waals surface area contributed by atoms with Crippen molar-refractivity contribution < 1.29 is 18.3 Å². The molecule has 6 nitrogen and oxygen atoms in total. The third-order valence-corrected chi connectivity index (χ3v) is 5.29. The van der Waals surface area contributed by atoms with E-state index in [9.17, 15) is 13.6 Å². The maximum Gasteiger partial charge on any atom is 0.310 e. The van der Waals surface area contributed by atoms with Crippen molar-refractivity contribution in [2.75, 3.05) is 11.9 Å². The van der Waals surface area contributed by atoms with E-state index in [2.05, 4.69) is 15.3 Å². The quantitative estimate of drug-likeness (QED) is 0.798. The summed E-state index contributed by atoms with van der Waals surface area (Å²) in [5, 5.41) is 3.09. The Balaban J connectivity index is 1.71. The van der Waals surface area contributed by atoms with Gasteiger partial charge in [0.05, 0.1) is 5.02 Å². The summed E-state index contributed by atoms with van der Waals surface area (Å²) in [5.74, 6) is -3.69. The summed E-state index contributed by atoms with van der Waals surface area (Å²) in [6, 6.07) is 7.73. The molecule has 0 unspecified atom stereocenters. The number of amidine groups is 1. The number of ether oxygens (including phenoxy) is 1. The van der Waals surface area contributed by atoms with Crippen molar-refractivity contribution in [1.29, 1.82) is 0 Å². The van der Waals surface area contributed by atoms with Crippen LogP contribution >= 0.6 is 11.6 Å². The van der Waals surface area contributed by atoms with Crippen LogP contribution in [0.2, 0.25) is 5.02 Å². The highest BCUT2D eigenvalue weighted by Crippen LogP contribution is 2.51. The Morgan fingerprint density at radius 1 is 1.29 bits per heavy atom. The summed E-state index contributed by atoms with van der Waals surface area (Å²) >= 11 is 5.78. The van der Waals surface area contributed by atoms with Crippen molar-refractivity contribution in [1.82, 2.24) is 4.98 Å². The number of nitrogens with two attached hydrogens (primary N) is 1. The number of nitrogens with one attached hydrogen (secondary N) is 1. The molecule has 1 spiro atoms. The van der Waals surface area contributed by atoms with E-state index < -0.39 is 24.0 Å². The minimum Gasteiger partial charge on any atom is -0.459 e. The summed E-state index contributed by atoms with van der Waals surface area (Å²) < 4.78 is 34.6. The fraction of sp³-hybridized carbons (Fsp3) is 0.316. The first-order valence-electron chi connectivity index (χ1n) is 8.73. The summed E-state index contributed by atoms with van der Waals surface area (Å²) in [4.78, 5) is 20.4. The number of benzene rings is 1. The van der Waals surface area contributed by atoms with Crippen LogP contribution in [0.25, 0.3) is 0 Å². The Hall–Kier alpha value is -2.74. The lowest BCUT2D eigenvalue weighted by atomic mass is 9.72. The SMILES string of the molecule is NC1=N[C@@]2(CCCc3ccc(NC(=O)c4ccc(Cl)cn4)cc32)C(F)(F)CO1. The summed E-state index contributed by atoms with van der Waals surface area (Å²) in [5.41, 5.74) is 5.49. The van der Waals surface area contributed by atoms with Gasteiger partial charge in [-0.25, -0.2) is 9.98 Å². The first-order chi connectivity index (χ1) is 13.3. The molecule has 4 rings (SSSR count). The van der Waals surface area contributed by atoms with Gasteiger partial charge in [0, 0.05) is 11.9 Å². The van der Waals surface area contributed by atoms with E-state index in [4.69, 9.17) is 22.1 Å². The third kappa shape index (κ3) is 3.07. The first-order valence-corrected chi connectivity index (χ1v) is 9.11. The Labute approximate surface area is 164 Å². The number of hydrogen-bond acceptors (Lipinski definition) is 5. The smallest absolute Gasteiger partial charge is 0.310 e. The number of rotatable bonds is 2. The van der Waals surface area contributed by atoms with Crippen molar-refractivity contribution in [3.05, 3.63) is 58.4 Å². The molecule has 1 aliphatic heterocycles. The first kappa shape index (κ1) is 18.6. The Morgan fingerprint density at radius 3 is 2.86 bits per heavy atom. The zero-order valence-electron chi connectivity index (χ0n) is 14.7. The molecule has 28 heavy (non-hydrogen) atoms. The monoisotopic (exact) mass is 406 g/mol. The lowest BCUT2D eigenvalue weighted by Gasteiger charge is -2.43. The molecule has 0 bridgehead atoms. The lowest BCUT2D eigenvalue weighted by Crippen LogP contribution is -2.54. The summed E-state index contributed by atoms with van der Waals surface area (Å²) in [7, 11) is 0. The van der Waals surface area contributed by atoms with E-state index in [1.807, 2.05) is 0 Å². The molecule has 1 atom stereocenters. The van der Waals surface area contributed by atoms with E-state index in [-0.39, 0.29) is 18.1 Å². The number of anilines is 1. The van der Waals surface area contributed by atoms with Gasteiger partial charge in [0.25, 0.3) is 11.9 Å². The molecule has 1 aliphatic carbocycles. The molecule has 3 N–H and O–H groups in total. The lowest BCUT2D eigenvalue weighted by molar-refractivity contribution is -0.127. The summed E-state index contributed by atoms with van der Waals surface area (Å²) in [6.07, 6.45) is 2.71. The van der Waals surface area contributed by atoms with Crippen LogP contribution in [-0.4, -0.2) is 29.4 Å². The van der Waals surface area contributed by atoms with E-state index in [0.29, 0.717) is 29.1 Å². The standard InChI is InChI=1S/C19H17ClF2N4O2/c20-12-4-6-15(24-9-12)16(27)25-13-5-3-11-2-1-7-18(14(11)8-13)19(21,22)10-28-17(23)26-18/h3-6,8-9H,1-2,7,10H2,(H2,23,26)(H,25,27)/t18-/m1/s1. The minimum absolute atomic E-state index is 0.146. The molecule has 1 aromatic heterocycles. The second-order valence-electron chi connectivity index (χ2n) is 6.84. The van der Waals surface area contributed by atoms with Gasteiger partial charge in [-0.15, -0.1) is 0 Å². The highest BCUT2D eigenvalue weighted by atomic mass is 35.5. The minimum atomic E-state index is -3.22. The van der Waals surface area contributed by atoms with E-state index in [0.717, 1.165) is 5.56 Å². The van der Waals surface area contributed by atoms with Crippen LogP contribution in [0.1, 0.15) is 34.5 Å². The molecule has 146 valence electrons. The topological polar surface area (TPSA) is 89.6 Å². The fourth-order valence-electron chi connectivity index (χ4n) is 3.71. The number of fused-ring (bicyclic) bond motifs is 2. The number of pyridine rings is 1. The molecule has 9 heteroatoms. The Kier molecular flexibility index (Phi) is 4.45. The molecule has 2 aromatic rings. The molecule has 0 saturated heterocycles. The second kappa shape index (κ2) is 6.70. The van der Waals surface area contributed by atoms with Gasteiger partial charge in [-0.1, -0.05) is 17.7 Å². The maximum atomic E-state index is 14.9. The van der Waals surface area contributed by atoms with Crippen LogP contribution in [-0.2, 0) is 16.7 Å². The van der Waals surface area contributed by atoms with Crippen LogP contribution in [0.15, 0.2) is 41.5 Å². The van der Waals surface area contributed by atoms with Crippen molar-refractivity contribution in [3.8, 4) is 0 Å². The van der Waals surface area contributed by atoms with Crippen LogP contribution in [0.4, 0.5) is 14.5 Å². The van der Waals surface area contributed by atoms with Crippen molar-refractivity contribution in [3.63, 3.8) is 0 Å². The molecule has 2 aliphatic rings. The predicted octanol–water partition coefficient (Wildman–Crippen LogP) is 3.50. The average Bonchev–Trinajstić information content (AvgIpc) is 2.66. The second-order valence-corrected chi connectivity index (χ2v) is 7.28. The van der Waals surface area contributed by atoms with Gasteiger partial charge in [-0.05, 0) is 54.7 Å². The largest absolute Gasteiger partial charge is 0.459 e. The van der Waals surface area contributed by atoms with E-state index in [1.54, 1.807) is 24.3 Å². The van der Waals surface area contributed by atoms with Crippen LogP contribution in [0, 0.1) is 0 Å². The van der Waals surface area contributed by atoms with Crippen molar-refractivity contribution >= 4 is 29.2 Å². The number of carbonyl (C=O) groups is 1. The number of aliphatic imine (C=N–C) groups is 1. The Bertz CT molecular complexity index is 965. The molecule has 1 amide bonds. The molecular formula is C19H17ClF2N4O2. The highest BCUT2D eigenvalue weighted by molar-refractivity contribution is 6.30. The van der Waals surface area contributed by atoms with E-state index >= 15 is 0 Å². The number of nitrogens with zero attached hydrogens (tertiary/aromatic N) is 2. The molecule has 1 aromatic carbocycles. The van der Waals surface area contributed by atoms with Gasteiger partial charge in [0.2, 0.25) is 0 Å². The fourth-order valence-corrected chi connectivity index (χ4v) is 3.83. The van der Waals surface area contributed by atoms with Gasteiger partial charge in [0.15, 0.2) is 12.1 Å². The number of aromatic nitrogens is 1. The Morgan fingerprint density at radius 2 is 2.11 bits per heavy atom. The number of amides is 1. The number of carbonyl (C=O) groups excluding carboxylic acids is 1. The molecule has 0 fully saturated rings. The van der Waals surface area contributed by atoms with Gasteiger partial charge in [-0.2, -0.15) is 8.78 Å². The number of halogens is 3. The molecule has 0 saturated carbocycles. The molecule has 2 heterocycles. The third-order valence-electron chi connectivity index (χ3n) is 5.07. The average molecular weight is 407 g/mol. The predicted molar refractivity (Wildman–Crippen MR) is 101 cm³/mol. The van der Waals surface area contributed by atoms with Gasteiger partial charge in [0.1, 0.15) is 5.69 Å².